The minimum Gasteiger partial charge on any atom is -0.340 e. The predicted octanol–water partition coefficient (Wildman–Crippen LogP) is 1.97. The Balaban J connectivity index is 2.20. The first-order valence-electron chi connectivity index (χ1n) is 6.07. The van der Waals surface area contributed by atoms with Crippen molar-refractivity contribution >= 4 is 5.91 Å². The smallest absolute Gasteiger partial charge is 0.219 e. The number of nitrogens with zero attached hydrogens (tertiary/aromatic N) is 2. The third kappa shape index (κ3) is 5.13. The van der Waals surface area contributed by atoms with Crippen LogP contribution in [-0.4, -0.2) is 48.4 Å². The molecule has 1 fully saturated rings. The van der Waals surface area contributed by atoms with E-state index in [4.69, 9.17) is 0 Å². The zero-order chi connectivity index (χ0) is 12.7. The summed E-state index contributed by atoms with van der Waals surface area (Å²) >= 11 is 0. The molecule has 0 atom stereocenters. The Bertz CT molecular complexity index is 305. The molecule has 0 aliphatic carbocycles. The van der Waals surface area contributed by atoms with E-state index < -0.39 is 0 Å². The van der Waals surface area contributed by atoms with Crippen molar-refractivity contribution in [2.75, 3.05) is 32.7 Å². The molecule has 0 spiro atoms. The maximum absolute atomic E-state index is 12.8. The summed E-state index contributed by atoms with van der Waals surface area (Å²) in [6.07, 6.45) is 5.71. The van der Waals surface area contributed by atoms with Crippen LogP contribution in [0.2, 0.25) is 0 Å². The molecule has 1 rings (SSSR count). The van der Waals surface area contributed by atoms with Crippen molar-refractivity contribution in [2.24, 2.45) is 0 Å². The fraction of sp³-hybridized carbons (Fsp3) is 0.615. The number of halogens is 1. The molecule has 1 heterocycles. The van der Waals surface area contributed by atoms with Gasteiger partial charge in [-0.25, -0.2) is 4.39 Å². The Morgan fingerprint density at radius 1 is 1.24 bits per heavy atom. The van der Waals surface area contributed by atoms with E-state index in [1.807, 2.05) is 17.1 Å². The van der Waals surface area contributed by atoms with E-state index in [0.29, 0.717) is 6.42 Å². The van der Waals surface area contributed by atoms with Gasteiger partial charge in [0.2, 0.25) is 5.91 Å². The number of amides is 1. The van der Waals surface area contributed by atoms with Gasteiger partial charge in [-0.2, -0.15) is 0 Å². The lowest BCUT2D eigenvalue weighted by Crippen LogP contribution is -2.47. The molecule has 0 unspecified atom stereocenters. The fourth-order valence-corrected chi connectivity index (χ4v) is 1.78. The van der Waals surface area contributed by atoms with Crippen LogP contribution in [0, 0.1) is 0 Å². The summed E-state index contributed by atoms with van der Waals surface area (Å²) in [5, 5.41) is 0. The molecule has 0 bridgehead atoms. The number of carbonyl (C=O) groups excluding carboxylic acids is 1. The average molecular weight is 240 g/mol. The highest BCUT2D eigenvalue weighted by atomic mass is 19.1. The topological polar surface area (TPSA) is 23.6 Å². The lowest BCUT2D eigenvalue weighted by atomic mass is 10.3. The number of carbonyl (C=O) groups is 1. The highest BCUT2D eigenvalue weighted by Crippen LogP contribution is 2.04. The third-order valence-electron chi connectivity index (χ3n) is 2.97. The van der Waals surface area contributed by atoms with E-state index in [0.717, 1.165) is 32.7 Å². The van der Waals surface area contributed by atoms with Gasteiger partial charge >= 0.3 is 0 Å². The molecular formula is C13H21FN2O. The summed E-state index contributed by atoms with van der Waals surface area (Å²) in [7, 11) is 0. The summed E-state index contributed by atoms with van der Waals surface area (Å²) in [5.41, 5.74) is 0. The van der Waals surface area contributed by atoms with Crippen molar-refractivity contribution < 1.29 is 9.18 Å². The van der Waals surface area contributed by atoms with Gasteiger partial charge in [0.05, 0.1) is 5.83 Å². The second kappa shape index (κ2) is 7.22. The van der Waals surface area contributed by atoms with Crippen LogP contribution in [-0.2, 0) is 4.79 Å². The monoisotopic (exact) mass is 240 g/mol. The minimum absolute atomic E-state index is 0.0948. The molecule has 4 heteroatoms. The lowest BCUT2D eigenvalue weighted by molar-refractivity contribution is -0.130. The number of allylic oxidation sites excluding steroid dienone is 3. The molecule has 0 saturated carbocycles. The molecule has 0 aromatic carbocycles. The molecule has 0 N–H and O–H groups in total. The zero-order valence-corrected chi connectivity index (χ0v) is 10.7. The van der Waals surface area contributed by atoms with Crippen molar-refractivity contribution in [1.29, 1.82) is 0 Å². The van der Waals surface area contributed by atoms with Crippen LogP contribution in [0.1, 0.15) is 20.3 Å². The van der Waals surface area contributed by atoms with Gasteiger partial charge < -0.3 is 4.90 Å². The first-order valence-corrected chi connectivity index (χ1v) is 6.07. The van der Waals surface area contributed by atoms with Crippen LogP contribution >= 0.6 is 0 Å². The molecule has 17 heavy (non-hydrogen) atoms. The minimum atomic E-state index is -0.0948. The van der Waals surface area contributed by atoms with Gasteiger partial charge in [-0.3, -0.25) is 9.69 Å². The van der Waals surface area contributed by atoms with E-state index in [1.165, 1.54) is 6.08 Å². The van der Waals surface area contributed by atoms with E-state index in [1.54, 1.807) is 13.8 Å². The maximum atomic E-state index is 12.8. The van der Waals surface area contributed by atoms with Gasteiger partial charge in [0, 0.05) is 46.1 Å². The van der Waals surface area contributed by atoms with E-state index in [-0.39, 0.29) is 11.7 Å². The van der Waals surface area contributed by atoms with Gasteiger partial charge in [0.25, 0.3) is 0 Å². The summed E-state index contributed by atoms with van der Waals surface area (Å²) in [6.45, 7) is 7.53. The van der Waals surface area contributed by atoms with Crippen molar-refractivity contribution in [3.63, 3.8) is 0 Å². The maximum Gasteiger partial charge on any atom is 0.219 e. The molecule has 96 valence electrons. The largest absolute Gasteiger partial charge is 0.340 e. The number of piperazine rings is 1. The second-order valence-corrected chi connectivity index (χ2v) is 4.22. The predicted molar refractivity (Wildman–Crippen MR) is 67.3 cm³/mol. The van der Waals surface area contributed by atoms with Gasteiger partial charge in [0.1, 0.15) is 0 Å². The first-order chi connectivity index (χ1) is 8.13. The number of hydrogen-bond donors (Lipinski definition) is 0. The standard InChI is InChI=1S/C13H21FN2O/c1-3-13(14)6-4-5-7-15-8-10-16(11-9-15)12(2)17/h3-5H,6-11H2,1-2H3/b5-4-,13-3+. The van der Waals surface area contributed by atoms with Crippen LogP contribution in [0.4, 0.5) is 4.39 Å². The van der Waals surface area contributed by atoms with Crippen LogP contribution in [0.5, 0.6) is 0 Å². The molecule has 0 radical (unpaired) electrons. The Hall–Kier alpha value is -1.16. The van der Waals surface area contributed by atoms with E-state index >= 15 is 0 Å². The zero-order valence-electron chi connectivity index (χ0n) is 10.7. The summed E-state index contributed by atoms with van der Waals surface area (Å²) in [5.74, 6) is 0.0537. The quantitative estimate of drug-likeness (QED) is 0.701. The summed E-state index contributed by atoms with van der Waals surface area (Å²) in [4.78, 5) is 15.2. The molecule has 0 aromatic rings. The average Bonchev–Trinajstić information content (AvgIpc) is 2.34. The molecular weight excluding hydrogens is 219 g/mol. The molecule has 0 aromatic heterocycles. The van der Waals surface area contributed by atoms with Crippen molar-refractivity contribution in [1.82, 2.24) is 9.80 Å². The first kappa shape index (κ1) is 13.9. The van der Waals surface area contributed by atoms with Crippen LogP contribution in [0.3, 0.4) is 0 Å². The Kier molecular flexibility index (Phi) is 5.91. The number of hydrogen-bond acceptors (Lipinski definition) is 2. The Morgan fingerprint density at radius 2 is 1.88 bits per heavy atom. The van der Waals surface area contributed by atoms with Gasteiger partial charge in [0.15, 0.2) is 0 Å². The Morgan fingerprint density at radius 3 is 2.41 bits per heavy atom. The lowest BCUT2D eigenvalue weighted by Gasteiger charge is -2.33. The highest BCUT2D eigenvalue weighted by Gasteiger charge is 2.16. The van der Waals surface area contributed by atoms with E-state index in [2.05, 4.69) is 4.90 Å². The third-order valence-corrected chi connectivity index (χ3v) is 2.97. The van der Waals surface area contributed by atoms with Crippen molar-refractivity contribution in [3.8, 4) is 0 Å². The van der Waals surface area contributed by atoms with Crippen LogP contribution in [0.15, 0.2) is 24.1 Å². The van der Waals surface area contributed by atoms with Crippen molar-refractivity contribution in [2.45, 2.75) is 20.3 Å². The van der Waals surface area contributed by atoms with E-state index in [9.17, 15) is 9.18 Å². The van der Waals surface area contributed by atoms with Gasteiger partial charge in [-0.1, -0.05) is 18.2 Å². The SMILES string of the molecule is C/C=C(/F)C/C=C\CN1CCN(C(C)=O)CC1. The summed E-state index contributed by atoms with van der Waals surface area (Å²) in [6, 6.07) is 0. The van der Waals surface area contributed by atoms with Gasteiger partial charge in [-0.05, 0) is 6.92 Å². The Labute approximate surface area is 103 Å². The molecule has 1 aliphatic heterocycles. The van der Waals surface area contributed by atoms with Crippen LogP contribution in [0.25, 0.3) is 0 Å². The molecule has 3 nitrogen and oxygen atoms in total. The molecule has 1 saturated heterocycles. The van der Waals surface area contributed by atoms with Crippen molar-refractivity contribution in [3.05, 3.63) is 24.1 Å². The van der Waals surface area contributed by atoms with Gasteiger partial charge in [-0.15, -0.1) is 0 Å². The number of rotatable bonds is 4. The highest BCUT2D eigenvalue weighted by molar-refractivity contribution is 5.73. The second-order valence-electron chi connectivity index (χ2n) is 4.22. The molecule has 1 amide bonds. The fourth-order valence-electron chi connectivity index (χ4n) is 1.78. The summed E-state index contributed by atoms with van der Waals surface area (Å²) < 4.78 is 12.8. The van der Waals surface area contributed by atoms with Crippen LogP contribution < -0.4 is 0 Å². The molecule has 1 aliphatic rings. The normalized spacial score (nSPS) is 19.0.